The molecule has 14 heavy (non-hydrogen) atoms. The minimum Gasteiger partial charge on any atom is -0.493 e. The first kappa shape index (κ1) is 10.7. The molecule has 1 aromatic rings. The van der Waals surface area contributed by atoms with E-state index < -0.39 is 5.91 Å². The van der Waals surface area contributed by atoms with Crippen LogP contribution in [0.15, 0.2) is 12.3 Å². The summed E-state index contributed by atoms with van der Waals surface area (Å²) in [4.78, 5) is 11.3. The summed E-state index contributed by atoms with van der Waals surface area (Å²) in [6, 6.07) is 1.59. The number of aryl methyl sites for hydroxylation is 1. The summed E-state index contributed by atoms with van der Waals surface area (Å²) in [5.74, 6) is 4.95. The molecule has 0 spiro atoms. The van der Waals surface area contributed by atoms with Crippen LogP contribution in [0.3, 0.4) is 0 Å². The maximum atomic E-state index is 11.3. The fraction of sp³-hybridized carbons (Fsp3) is 0.250. The summed E-state index contributed by atoms with van der Waals surface area (Å²) in [5.41, 5.74) is 2.36. The van der Waals surface area contributed by atoms with Crippen molar-refractivity contribution in [2.45, 2.75) is 0 Å². The van der Waals surface area contributed by atoms with Crippen molar-refractivity contribution in [1.82, 2.24) is 9.99 Å². The van der Waals surface area contributed by atoms with Crippen molar-refractivity contribution < 1.29 is 9.53 Å². The second kappa shape index (κ2) is 4.21. The Morgan fingerprint density at radius 3 is 2.86 bits per heavy atom. The topological polar surface area (TPSA) is 69.3 Å². The third-order valence-electron chi connectivity index (χ3n) is 1.80. The van der Waals surface area contributed by atoms with Crippen LogP contribution in [-0.2, 0) is 7.05 Å². The van der Waals surface area contributed by atoms with Crippen LogP contribution in [-0.4, -0.2) is 17.6 Å². The number of ether oxygens (including phenoxy) is 1. The lowest BCUT2D eigenvalue weighted by Gasteiger charge is -2.09. The predicted octanol–water partition coefficient (Wildman–Crippen LogP) is 0.367. The van der Waals surface area contributed by atoms with Crippen molar-refractivity contribution in [1.29, 1.82) is 0 Å². The first-order valence-electron chi connectivity index (χ1n) is 3.86. The third kappa shape index (κ3) is 1.75. The normalized spacial score (nSPS) is 9.64. The minimum atomic E-state index is -0.423. The van der Waals surface area contributed by atoms with Crippen molar-refractivity contribution in [3.05, 3.63) is 22.5 Å². The molecule has 0 aliphatic heterocycles. The fourth-order valence-electron chi connectivity index (χ4n) is 1.06. The first-order valence-corrected chi connectivity index (χ1v) is 4.27. The molecule has 1 amide bonds. The molecule has 1 rings (SSSR count). The largest absolute Gasteiger partial charge is 0.493 e. The summed E-state index contributed by atoms with van der Waals surface area (Å²) in [5, 5.41) is 0. The maximum absolute atomic E-state index is 11.3. The van der Waals surface area contributed by atoms with E-state index in [1.165, 1.54) is 7.11 Å². The van der Waals surface area contributed by atoms with Gasteiger partial charge in [-0.15, -0.1) is 0 Å². The van der Waals surface area contributed by atoms with Gasteiger partial charge < -0.3 is 9.30 Å². The zero-order valence-electron chi connectivity index (χ0n) is 7.90. The molecular formula is C8H11N3O2S. The highest BCUT2D eigenvalue weighted by molar-refractivity contribution is 7.71. The molecule has 0 aliphatic carbocycles. The predicted molar refractivity (Wildman–Crippen MR) is 54.5 cm³/mol. The highest BCUT2D eigenvalue weighted by atomic mass is 32.1. The average molecular weight is 213 g/mol. The Hall–Kier alpha value is -1.40. The number of hydrogen-bond acceptors (Lipinski definition) is 4. The number of aromatic nitrogens is 1. The van der Waals surface area contributed by atoms with Gasteiger partial charge in [-0.1, -0.05) is 12.2 Å². The molecule has 0 bridgehead atoms. The molecule has 6 heteroatoms. The Balaban J connectivity index is 3.39. The van der Waals surface area contributed by atoms with Crippen molar-refractivity contribution >= 4 is 18.1 Å². The second-order valence-electron chi connectivity index (χ2n) is 2.65. The van der Waals surface area contributed by atoms with E-state index in [0.717, 1.165) is 0 Å². The van der Waals surface area contributed by atoms with Crippen molar-refractivity contribution in [3.63, 3.8) is 0 Å². The van der Waals surface area contributed by atoms with E-state index in [4.69, 9.17) is 22.8 Å². The van der Waals surface area contributed by atoms with Crippen LogP contribution >= 0.6 is 12.2 Å². The maximum Gasteiger partial charge on any atom is 0.269 e. The Kier molecular flexibility index (Phi) is 3.21. The van der Waals surface area contributed by atoms with Gasteiger partial charge in [-0.25, -0.2) is 5.84 Å². The highest BCUT2D eigenvalue weighted by Crippen LogP contribution is 2.18. The monoisotopic (exact) mass is 213 g/mol. The third-order valence-corrected chi connectivity index (χ3v) is 2.28. The van der Waals surface area contributed by atoms with Crippen LogP contribution in [0.5, 0.6) is 5.75 Å². The standard InChI is InChI=1S/C8H11N3O2S/c1-11-4-3-5(7(12)10-9)6(13-2)8(11)14/h3-4H,9H2,1-2H3,(H,10,12). The summed E-state index contributed by atoms with van der Waals surface area (Å²) < 4.78 is 7.17. The van der Waals surface area contributed by atoms with E-state index in [1.807, 2.05) is 5.43 Å². The summed E-state index contributed by atoms with van der Waals surface area (Å²) >= 11 is 5.06. The first-order chi connectivity index (χ1) is 6.61. The van der Waals surface area contributed by atoms with E-state index in [2.05, 4.69) is 0 Å². The number of pyridine rings is 1. The lowest BCUT2D eigenvalue weighted by atomic mass is 10.2. The molecule has 76 valence electrons. The number of carbonyl (C=O) groups excluding carboxylic acids is 1. The molecule has 0 atom stereocenters. The summed E-state index contributed by atoms with van der Waals surface area (Å²) in [6.07, 6.45) is 1.68. The summed E-state index contributed by atoms with van der Waals surface area (Å²) in [6.45, 7) is 0. The lowest BCUT2D eigenvalue weighted by Crippen LogP contribution is -2.30. The number of hydrogen-bond donors (Lipinski definition) is 2. The van der Waals surface area contributed by atoms with Crippen LogP contribution < -0.4 is 16.0 Å². The smallest absolute Gasteiger partial charge is 0.269 e. The number of nitrogen functional groups attached to an aromatic ring is 1. The van der Waals surface area contributed by atoms with Gasteiger partial charge in [-0.2, -0.15) is 0 Å². The molecule has 3 N–H and O–H groups in total. The van der Waals surface area contributed by atoms with Gasteiger partial charge in [0.2, 0.25) is 0 Å². The number of nitrogens with zero attached hydrogens (tertiary/aromatic N) is 1. The minimum absolute atomic E-state index is 0.332. The number of methoxy groups -OCH3 is 1. The quantitative estimate of drug-likeness (QED) is 0.322. The molecule has 1 heterocycles. The molecule has 5 nitrogen and oxygen atoms in total. The number of carbonyl (C=O) groups is 1. The number of nitrogens with one attached hydrogen (secondary N) is 1. The average Bonchev–Trinajstić information content (AvgIpc) is 2.20. The van der Waals surface area contributed by atoms with Gasteiger partial charge in [0.25, 0.3) is 5.91 Å². The molecule has 0 unspecified atom stereocenters. The number of hydrazine groups is 1. The Bertz CT molecular complexity index is 414. The van der Waals surface area contributed by atoms with Gasteiger partial charge >= 0.3 is 0 Å². The molecular weight excluding hydrogens is 202 g/mol. The van der Waals surface area contributed by atoms with Gasteiger partial charge in [0.1, 0.15) is 4.64 Å². The van der Waals surface area contributed by atoms with E-state index >= 15 is 0 Å². The molecule has 1 aromatic heterocycles. The van der Waals surface area contributed by atoms with Crippen LogP contribution in [0.25, 0.3) is 0 Å². The van der Waals surface area contributed by atoms with E-state index in [9.17, 15) is 4.79 Å². The van der Waals surface area contributed by atoms with Gasteiger partial charge in [0.05, 0.1) is 12.7 Å². The van der Waals surface area contributed by atoms with Crippen LogP contribution in [0.2, 0.25) is 0 Å². The molecule has 0 radical (unpaired) electrons. The molecule has 0 saturated heterocycles. The Morgan fingerprint density at radius 1 is 1.71 bits per heavy atom. The summed E-state index contributed by atoms with van der Waals surface area (Å²) in [7, 11) is 3.23. The number of nitrogens with two attached hydrogens (primary N) is 1. The van der Waals surface area contributed by atoms with Crippen LogP contribution in [0, 0.1) is 4.64 Å². The van der Waals surface area contributed by atoms with E-state index in [0.29, 0.717) is 16.0 Å². The number of rotatable bonds is 2. The van der Waals surface area contributed by atoms with Crippen LogP contribution in [0.4, 0.5) is 0 Å². The molecule has 0 aromatic carbocycles. The SMILES string of the molecule is COc1c(C(=O)NN)ccn(C)c1=S. The van der Waals surface area contributed by atoms with Crippen molar-refractivity contribution in [2.75, 3.05) is 7.11 Å². The van der Waals surface area contributed by atoms with Gasteiger partial charge in [0.15, 0.2) is 5.75 Å². The van der Waals surface area contributed by atoms with Crippen molar-refractivity contribution in [2.24, 2.45) is 12.9 Å². The Labute approximate surface area is 86.4 Å². The van der Waals surface area contributed by atoms with Crippen LogP contribution in [0.1, 0.15) is 10.4 Å². The zero-order valence-corrected chi connectivity index (χ0v) is 8.72. The zero-order chi connectivity index (χ0) is 10.7. The van der Waals surface area contributed by atoms with Crippen molar-refractivity contribution in [3.8, 4) is 5.75 Å². The number of amides is 1. The molecule has 0 fully saturated rings. The van der Waals surface area contributed by atoms with E-state index in [1.54, 1.807) is 23.9 Å². The lowest BCUT2D eigenvalue weighted by molar-refractivity contribution is 0.0950. The molecule has 0 saturated carbocycles. The van der Waals surface area contributed by atoms with Gasteiger partial charge in [0, 0.05) is 13.2 Å². The van der Waals surface area contributed by atoms with E-state index in [-0.39, 0.29) is 0 Å². The van der Waals surface area contributed by atoms with Gasteiger partial charge in [-0.05, 0) is 6.07 Å². The second-order valence-corrected chi connectivity index (χ2v) is 3.04. The Morgan fingerprint density at radius 2 is 2.36 bits per heavy atom. The highest BCUT2D eigenvalue weighted by Gasteiger charge is 2.12. The van der Waals surface area contributed by atoms with Gasteiger partial charge in [-0.3, -0.25) is 10.2 Å². The molecule has 0 aliphatic rings. The fourth-order valence-corrected chi connectivity index (χ4v) is 1.31.